The van der Waals surface area contributed by atoms with Crippen LogP contribution in [0.2, 0.25) is 0 Å². The lowest BCUT2D eigenvalue weighted by Gasteiger charge is -2.38. The molecule has 0 bridgehead atoms. The van der Waals surface area contributed by atoms with Crippen molar-refractivity contribution in [1.29, 1.82) is 0 Å². The van der Waals surface area contributed by atoms with Crippen LogP contribution >= 0.6 is 0 Å². The van der Waals surface area contributed by atoms with Crippen molar-refractivity contribution in [2.24, 2.45) is 0 Å². The number of fused-ring (bicyclic) bond motifs is 1. The van der Waals surface area contributed by atoms with Crippen molar-refractivity contribution >= 4 is 16.9 Å². The molecule has 3 heterocycles. The monoisotopic (exact) mass is 302 g/mol. The van der Waals surface area contributed by atoms with Crippen molar-refractivity contribution < 1.29 is 14.2 Å². The Kier molecular flexibility index (Phi) is 3.12. The van der Waals surface area contributed by atoms with Gasteiger partial charge >= 0.3 is 0 Å². The van der Waals surface area contributed by atoms with Crippen LogP contribution in [0.25, 0.3) is 11.0 Å². The second-order valence-electron chi connectivity index (χ2n) is 6.23. The summed E-state index contributed by atoms with van der Waals surface area (Å²) in [6.07, 6.45) is 0.942. The van der Waals surface area contributed by atoms with Gasteiger partial charge < -0.3 is 9.64 Å². The van der Waals surface area contributed by atoms with E-state index in [0.717, 1.165) is 42.7 Å². The average Bonchev–Trinajstić information content (AvgIpc) is 3.12. The van der Waals surface area contributed by atoms with Crippen LogP contribution < -0.4 is 0 Å². The third-order valence-corrected chi connectivity index (χ3v) is 4.61. The fraction of sp³-hybridized carbons (Fsp3) is 0.533. The largest absolute Gasteiger partial charge is 0.362 e. The highest BCUT2D eigenvalue weighted by Crippen LogP contribution is 2.30. The molecular formula is C15H18N4O3. The van der Waals surface area contributed by atoms with Crippen LogP contribution in [0.15, 0.2) is 22.8 Å². The molecule has 2 fully saturated rings. The predicted octanol–water partition coefficient (Wildman–Crippen LogP) is 0.656. The highest BCUT2D eigenvalue weighted by Gasteiger charge is 2.44. The molecule has 0 unspecified atom stereocenters. The van der Waals surface area contributed by atoms with Gasteiger partial charge in [-0.05, 0) is 28.4 Å². The van der Waals surface area contributed by atoms with Gasteiger partial charge in [-0.2, -0.15) is 0 Å². The lowest BCUT2D eigenvalue weighted by atomic mass is 10.0. The molecule has 7 heteroatoms. The highest BCUT2D eigenvalue weighted by atomic mass is 16.6. The number of likely N-dealkylation sites (N-methyl/N-ethyl adjacent to an activating group) is 1. The van der Waals surface area contributed by atoms with Crippen molar-refractivity contribution in [3.63, 3.8) is 0 Å². The summed E-state index contributed by atoms with van der Waals surface area (Å²) >= 11 is 0. The third kappa shape index (κ3) is 2.26. The molecule has 0 N–H and O–H groups in total. The van der Waals surface area contributed by atoms with Crippen LogP contribution in [0.4, 0.5) is 0 Å². The van der Waals surface area contributed by atoms with Crippen molar-refractivity contribution in [2.75, 3.05) is 33.3 Å². The number of hydrogen-bond donors (Lipinski definition) is 0. The summed E-state index contributed by atoms with van der Waals surface area (Å²) in [5.74, 6) is 0.0579. The van der Waals surface area contributed by atoms with Gasteiger partial charge in [0.25, 0.3) is 0 Å². The number of likely N-dealkylation sites (tertiary alicyclic amines) is 1. The maximum atomic E-state index is 11.6. The molecule has 0 saturated carbocycles. The fourth-order valence-corrected chi connectivity index (χ4v) is 3.43. The van der Waals surface area contributed by atoms with Crippen LogP contribution in [0.1, 0.15) is 12.0 Å². The van der Waals surface area contributed by atoms with Gasteiger partial charge in [0.1, 0.15) is 23.2 Å². The molecule has 2 aromatic rings. The summed E-state index contributed by atoms with van der Waals surface area (Å²) in [5, 5.41) is 7.87. The second-order valence-corrected chi connectivity index (χ2v) is 6.23. The number of nitrogens with zero attached hydrogens (tertiary/aromatic N) is 4. The third-order valence-electron chi connectivity index (χ3n) is 4.61. The van der Waals surface area contributed by atoms with Crippen molar-refractivity contribution in [1.82, 2.24) is 20.1 Å². The van der Waals surface area contributed by atoms with Gasteiger partial charge in [0.05, 0.1) is 6.54 Å². The Labute approximate surface area is 127 Å². The Morgan fingerprint density at radius 2 is 2.23 bits per heavy atom. The van der Waals surface area contributed by atoms with E-state index in [1.807, 2.05) is 19.2 Å². The molecule has 1 spiro atoms. The first-order valence-electron chi connectivity index (χ1n) is 7.46. The summed E-state index contributed by atoms with van der Waals surface area (Å²) < 4.78 is 10.7. The van der Waals surface area contributed by atoms with Crippen LogP contribution in [0.5, 0.6) is 0 Å². The average molecular weight is 302 g/mol. The minimum absolute atomic E-state index is 0.0579. The smallest absolute Gasteiger partial charge is 0.248 e. The van der Waals surface area contributed by atoms with E-state index >= 15 is 0 Å². The molecule has 1 aromatic heterocycles. The zero-order valence-electron chi connectivity index (χ0n) is 12.5. The molecule has 0 radical (unpaired) electrons. The Balaban J connectivity index is 1.49. The van der Waals surface area contributed by atoms with Crippen molar-refractivity contribution in [3.8, 4) is 0 Å². The molecule has 7 nitrogen and oxygen atoms in total. The van der Waals surface area contributed by atoms with Gasteiger partial charge in [0.15, 0.2) is 0 Å². The maximum absolute atomic E-state index is 11.6. The molecule has 2 aliphatic rings. The van der Waals surface area contributed by atoms with E-state index in [1.165, 1.54) is 0 Å². The SMILES string of the molecule is CN1C[C@@]2(CCN(Cc3cccc4nonc34)C2)OCC1=O. The number of morpholine rings is 1. The Bertz CT molecular complexity index is 716. The van der Waals surface area contributed by atoms with Crippen LogP contribution in [-0.2, 0) is 16.1 Å². The molecule has 1 aromatic carbocycles. The van der Waals surface area contributed by atoms with E-state index < -0.39 is 0 Å². The lowest BCUT2D eigenvalue weighted by molar-refractivity contribution is -0.159. The molecule has 1 amide bonds. The van der Waals surface area contributed by atoms with Gasteiger partial charge in [-0.3, -0.25) is 9.69 Å². The van der Waals surface area contributed by atoms with E-state index in [2.05, 4.69) is 21.3 Å². The standard InChI is InChI=1S/C15H18N4O3/c1-18-9-15(21-8-13(18)20)5-6-19(10-15)7-11-3-2-4-12-14(11)17-22-16-12/h2-4H,5-10H2,1H3/t15-/m1/s1. The first kappa shape index (κ1) is 13.7. The van der Waals surface area contributed by atoms with E-state index in [9.17, 15) is 4.79 Å². The number of carbonyl (C=O) groups excluding carboxylic acids is 1. The van der Waals surface area contributed by atoms with E-state index in [4.69, 9.17) is 9.37 Å². The fourth-order valence-electron chi connectivity index (χ4n) is 3.43. The Morgan fingerprint density at radius 1 is 1.32 bits per heavy atom. The first-order chi connectivity index (χ1) is 10.7. The number of carbonyl (C=O) groups is 1. The normalized spacial score (nSPS) is 26.4. The molecular weight excluding hydrogens is 284 g/mol. The number of hydrogen-bond acceptors (Lipinski definition) is 6. The zero-order chi connectivity index (χ0) is 15.2. The zero-order valence-corrected chi connectivity index (χ0v) is 12.5. The van der Waals surface area contributed by atoms with Crippen molar-refractivity contribution in [2.45, 2.75) is 18.6 Å². The molecule has 116 valence electrons. The molecule has 22 heavy (non-hydrogen) atoms. The van der Waals surface area contributed by atoms with E-state index in [1.54, 1.807) is 4.90 Å². The van der Waals surface area contributed by atoms with E-state index in [0.29, 0.717) is 6.54 Å². The van der Waals surface area contributed by atoms with Crippen molar-refractivity contribution in [3.05, 3.63) is 23.8 Å². The quantitative estimate of drug-likeness (QED) is 0.811. The number of amides is 1. The van der Waals surface area contributed by atoms with Crippen LogP contribution in [0.3, 0.4) is 0 Å². The summed E-state index contributed by atoms with van der Waals surface area (Å²) in [6.45, 7) is 3.41. The lowest BCUT2D eigenvalue weighted by Crippen LogP contribution is -2.54. The molecule has 4 rings (SSSR count). The first-order valence-corrected chi connectivity index (χ1v) is 7.46. The maximum Gasteiger partial charge on any atom is 0.248 e. The Morgan fingerprint density at radius 3 is 3.09 bits per heavy atom. The molecule has 2 aliphatic heterocycles. The minimum atomic E-state index is -0.224. The summed E-state index contributed by atoms with van der Waals surface area (Å²) in [4.78, 5) is 15.7. The van der Waals surface area contributed by atoms with Crippen LogP contribution in [-0.4, -0.2) is 64.9 Å². The van der Waals surface area contributed by atoms with Gasteiger partial charge in [0, 0.05) is 26.7 Å². The summed E-state index contributed by atoms with van der Waals surface area (Å²) in [5.41, 5.74) is 2.49. The highest BCUT2D eigenvalue weighted by molar-refractivity contribution is 5.78. The predicted molar refractivity (Wildman–Crippen MR) is 78.0 cm³/mol. The second kappa shape index (κ2) is 5.03. The summed E-state index contributed by atoms with van der Waals surface area (Å²) in [7, 11) is 1.84. The number of ether oxygens (including phenoxy) is 1. The van der Waals surface area contributed by atoms with Gasteiger partial charge in [-0.1, -0.05) is 12.1 Å². The molecule has 1 atom stereocenters. The molecule has 2 saturated heterocycles. The van der Waals surface area contributed by atoms with E-state index in [-0.39, 0.29) is 18.1 Å². The van der Waals surface area contributed by atoms with Gasteiger partial charge in [0.2, 0.25) is 5.91 Å². The van der Waals surface area contributed by atoms with Crippen LogP contribution in [0, 0.1) is 0 Å². The molecule has 0 aliphatic carbocycles. The Hall–Kier alpha value is -1.99. The van der Waals surface area contributed by atoms with Gasteiger partial charge in [-0.15, -0.1) is 0 Å². The number of rotatable bonds is 2. The summed E-state index contributed by atoms with van der Waals surface area (Å²) in [6, 6.07) is 5.91. The minimum Gasteiger partial charge on any atom is -0.362 e. The topological polar surface area (TPSA) is 71.7 Å². The number of benzene rings is 1. The van der Waals surface area contributed by atoms with Gasteiger partial charge in [-0.25, -0.2) is 4.63 Å². The number of aromatic nitrogens is 2.